The minimum Gasteiger partial charge on any atom is -0.481 e. The smallest absolute Gasteiger partial charge is 0.417 e. The average Bonchev–Trinajstić information content (AvgIpc) is 3.02. The van der Waals surface area contributed by atoms with Gasteiger partial charge in [-0.05, 0) is 18.6 Å². The van der Waals surface area contributed by atoms with Gasteiger partial charge in [0.25, 0.3) is 0 Å². The van der Waals surface area contributed by atoms with Crippen LogP contribution in [-0.2, 0) is 14.8 Å². The number of hydrogen-bond donors (Lipinski definition) is 3. The largest absolute Gasteiger partial charge is 0.481 e. The van der Waals surface area contributed by atoms with E-state index >= 15 is 0 Å². The van der Waals surface area contributed by atoms with Gasteiger partial charge in [0.15, 0.2) is 5.58 Å². The van der Waals surface area contributed by atoms with E-state index in [2.05, 4.69) is 9.71 Å². The van der Waals surface area contributed by atoms with Gasteiger partial charge in [0.2, 0.25) is 10.0 Å². The van der Waals surface area contributed by atoms with Crippen molar-refractivity contribution in [1.29, 1.82) is 0 Å². The molecule has 0 amide bonds. The van der Waals surface area contributed by atoms with Gasteiger partial charge in [-0.25, -0.2) is 17.9 Å². The second-order valence-corrected chi connectivity index (χ2v) is 6.68. The summed E-state index contributed by atoms with van der Waals surface area (Å²) < 4.78 is 31.8. The minimum absolute atomic E-state index is 0.0603. The SMILES string of the molecule is O=C(O)C1C=CC(NS(=O)(=O)c2ccc3[nH]c(=O)oc3c2)C1. The van der Waals surface area contributed by atoms with E-state index in [1.54, 1.807) is 0 Å². The molecule has 1 aliphatic carbocycles. The van der Waals surface area contributed by atoms with Crippen LogP contribution in [0.4, 0.5) is 0 Å². The summed E-state index contributed by atoms with van der Waals surface area (Å²) in [5, 5.41) is 8.89. The van der Waals surface area contributed by atoms with Gasteiger partial charge in [0, 0.05) is 12.1 Å². The summed E-state index contributed by atoms with van der Waals surface area (Å²) in [6.45, 7) is 0. The Morgan fingerprint density at radius 2 is 2.14 bits per heavy atom. The van der Waals surface area contributed by atoms with E-state index in [4.69, 9.17) is 9.52 Å². The van der Waals surface area contributed by atoms with Gasteiger partial charge >= 0.3 is 11.7 Å². The van der Waals surface area contributed by atoms with Crippen LogP contribution in [0.2, 0.25) is 0 Å². The summed E-state index contributed by atoms with van der Waals surface area (Å²) in [6, 6.07) is 3.42. The van der Waals surface area contributed by atoms with Crippen LogP contribution in [0.3, 0.4) is 0 Å². The molecule has 0 aliphatic heterocycles. The molecule has 8 nitrogen and oxygen atoms in total. The number of carbonyl (C=O) groups is 1. The first-order chi connectivity index (χ1) is 10.3. The van der Waals surface area contributed by atoms with Crippen LogP contribution in [0, 0.1) is 5.92 Å². The van der Waals surface area contributed by atoms with E-state index < -0.39 is 33.7 Å². The molecule has 1 aromatic carbocycles. The Morgan fingerprint density at radius 1 is 1.36 bits per heavy atom. The summed E-state index contributed by atoms with van der Waals surface area (Å²) in [7, 11) is -3.85. The van der Waals surface area contributed by atoms with E-state index in [9.17, 15) is 18.0 Å². The van der Waals surface area contributed by atoms with Crippen molar-refractivity contribution in [3.63, 3.8) is 0 Å². The van der Waals surface area contributed by atoms with Crippen LogP contribution >= 0.6 is 0 Å². The molecular formula is C13H12N2O6S. The molecule has 0 saturated carbocycles. The van der Waals surface area contributed by atoms with Crippen LogP contribution in [0.15, 0.2) is 44.5 Å². The number of benzene rings is 1. The summed E-state index contributed by atoms with van der Waals surface area (Å²) in [6.07, 6.45) is 3.14. The highest BCUT2D eigenvalue weighted by molar-refractivity contribution is 7.89. The maximum atomic E-state index is 12.3. The zero-order valence-electron chi connectivity index (χ0n) is 11.1. The van der Waals surface area contributed by atoms with E-state index in [1.165, 1.54) is 30.4 Å². The number of aliphatic carboxylic acids is 1. The van der Waals surface area contributed by atoms with Crippen molar-refractivity contribution < 1.29 is 22.7 Å². The molecule has 0 bridgehead atoms. The topological polar surface area (TPSA) is 129 Å². The van der Waals surface area contributed by atoms with Crippen LogP contribution in [0.5, 0.6) is 0 Å². The van der Waals surface area contributed by atoms with Crippen molar-refractivity contribution in [2.24, 2.45) is 5.92 Å². The third-order valence-electron chi connectivity index (χ3n) is 3.41. The quantitative estimate of drug-likeness (QED) is 0.699. The van der Waals surface area contributed by atoms with Crippen LogP contribution in [0.25, 0.3) is 11.1 Å². The van der Waals surface area contributed by atoms with Crippen molar-refractivity contribution in [2.45, 2.75) is 17.4 Å². The van der Waals surface area contributed by atoms with Crippen molar-refractivity contribution in [3.05, 3.63) is 40.9 Å². The Morgan fingerprint density at radius 3 is 2.82 bits per heavy atom. The zero-order chi connectivity index (χ0) is 15.9. The van der Waals surface area contributed by atoms with Gasteiger partial charge in [-0.1, -0.05) is 12.2 Å². The third kappa shape index (κ3) is 2.68. The van der Waals surface area contributed by atoms with Crippen molar-refractivity contribution >= 4 is 27.1 Å². The van der Waals surface area contributed by atoms with Gasteiger partial charge in [-0.15, -0.1) is 0 Å². The van der Waals surface area contributed by atoms with Gasteiger partial charge in [0.1, 0.15) is 0 Å². The van der Waals surface area contributed by atoms with Gasteiger partial charge in [0.05, 0.1) is 16.3 Å². The van der Waals surface area contributed by atoms with Crippen molar-refractivity contribution in [2.75, 3.05) is 0 Å². The molecule has 3 rings (SSSR count). The van der Waals surface area contributed by atoms with Gasteiger partial charge in [-0.3, -0.25) is 9.78 Å². The predicted octanol–water partition coefficient (Wildman–Crippen LogP) is 0.429. The molecule has 3 N–H and O–H groups in total. The second kappa shape index (κ2) is 5.11. The maximum Gasteiger partial charge on any atom is 0.417 e. The molecule has 2 atom stereocenters. The fourth-order valence-corrected chi connectivity index (χ4v) is 3.55. The normalized spacial score (nSPS) is 21.5. The highest BCUT2D eigenvalue weighted by Gasteiger charge is 2.28. The summed E-state index contributed by atoms with van der Waals surface area (Å²) in [4.78, 5) is 24.3. The molecule has 1 aliphatic rings. The maximum absolute atomic E-state index is 12.3. The number of hydrogen-bond acceptors (Lipinski definition) is 5. The van der Waals surface area contributed by atoms with E-state index in [0.717, 1.165) is 0 Å². The van der Waals surface area contributed by atoms with Crippen LogP contribution in [-0.4, -0.2) is 30.5 Å². The molecular weight excluding hydrogens is 312 g/mol. The van der Waals surface area contributed by atoms with Crippen molar-refractivity contribution in [1.82, 2.24) is 9.71 Å². The molecule has 1 aromatic heterocycles. The molecule has 2 aromatic rings. The fraction of sp³-hybridized carbons (Fsp3) is 0.231. The second-order valence-electron chi connectivity index (χ2n) is 4.97. The number of rotatable bonds is 4. The fourth-order valence-electron chi connectivity index (χ4n) is 2.33. The lowest BCUT2D eigenvalue weighted by Gasteiger charge is -2.12. The highest BCUT2D eigenvalue weighted by atomic mass is 32.2. The van der Waals surface area contributed by atoms with Crippen molar-refractivity contribution in [3.8, 4) is 0 Å². The molecule has 0 radical (unpaired) electrons. The molecule has 116 valence electrons. The monoisotopic (exact) mass is 324 g/mol. The highest BCUT2D eigenvalue weighted by Crippen LogP contribution is 2.21. The van der Waals surface area contributed by atoms with Crippen LogP contribution < -0.4 is 10.5 Å². The third-order valence-corrected chi connectivity index (χ3v) is 4.90. The number of H-pyrrole nitrogens is 1. The Kier molecular flexibility index (Phi) is 3.38. The Hall–Kier alpha value is -2.39. The molecule has 0 spiro atoms. The van der Waals surface area contributed by atoms with Crippen LogP contribution in [0.1, 0.15) is 6.42 Å². The Balaban J connectivity index is 1.84. The lowest BCUT2D eigenvalue weighted by atomic mass is 10.1. The molecule has 1 heterocycles. The molecule has 9 heteroatoms. The van der Waals surface area contributed by atoms with E-state index in [1.807, 2.05) is 0 Å². The summed E-state index contributed by atoms with van der Waals surface area (Å²) in [5.74, 6) is -2.35. The molecule has 2 unspecified atom stereocenters. The average molecular weight is 324 g/mol. The van der Waals surface area contributed by atoms with E-state index in [0.29, 0.717) is 5.52 Å². The molecule has 0 saturated heterocycles. The lowest BCUT2D eigenvalue weighted by Crippen LogP contribution is -2.33. The van der Waals surface area contributed by atoms with E-state index in [-0.39, 0.29) is 16.9 Å². The number of fused-ring (bicyclic) bond motifs is 1. The van der Waals surface area contributed by atoms with Gasteiger partial charge < -0.3 is 9.52 Å². The Bertz CT molecular complexity index is 923. The number of oxazole rings is 1. The number of nitrogens with one attached hydrogen (secondary N) is 2. The van der Waals surface area contributed by atoms with Gasteiger partial charge in [-0.2, -0.15) is 0 Å². The number of sulfonamides is 1. The predicted molar refractivity (Wildman–Crippen MR) is 75.8 cm³/mol. The number of aromatic amines is 1. The zero-order valence-corrected chi connectivity index (χ0v) is 12.0. The first kappa shape index (κ1) is 14.5. The molecule has 22 heavy (non-hydrogen) atoms. The Labute approximate surface area is 124 Å². The summed E-state index contributed by atoms with van der Waals surface area (Å²) >= 11 is 0. The lowest BCUT2D eigenvalue weighted by molar-refractivity contribution is -0.140. The minimum atomic E-state index is -3.85. The first-order valence-electron chi connectivity index (χ1n) is 6.41. The first-order valence-corrected chi connectivity index (χ1v) is 7.90. The number of aromatic nitrogens is 1. The number of carboxylic acid groups (broad SMARTS) is 1. The number of carboxylic acids is 1. The molecule has 0 fully saturated rings. The summed E-state index contributed by atoms with van der Waals surface area (Å²) in [5.41, 5.74) is 0.536. The standard InChI is InChI=1S/C13H12N2O6S/c16-12(17)7-1-2-8(5-7)15-22(19,20)9-3-4-10-11(6-9)21-13(18)14-10/h1-4,6-8,15H,5H2,(H,14,18)(H,16,17).